The molecule has 1 fully saturated rings. The summed E-state index contributed by atoms with van der Waals surface area (Å²) >= 11 is 1.41. The van der Waals surface area contributed by atoms with Crippen LogP contribution in [-0.4, -0.2) is 29.9 Å². The topological polar surface area (TPSA) is 32.3 Å². The van der Waals surface area contributed by atoms with Crippen LogP contribution >= 0.6 is 11.3 Å². The molecular formula is C27H31FN2OS. The second-order valence-corrected chi connectivity index (χ2v) is 10.7. The molecule has 0 unspecified atom stereocenters. The fourth-order valence-corrected chi connectivity index (χ4v) is 5.02. The van der Waals surface area contributed by atoms with Crippen molar-refractivity contribution in [3.8, 4) is 10.4 Å². The lowest BCUT2D eigenvalue weighted by atomic mass is 9.86. The number of hydrogen-bond acceptors (Lipinski definition) is 3. The maximum Gasteiger partial charge on any atom is 0.261 e. The van der Waals surface area contributed by atoms with Crippen molar-refractivity contribution >= 4 is 17.2 Å². The number of hydrogen-bond donors (Lipinski definition) is 1. The van der Waals surface area contributed by atoms with Gasteiger partial charge in [0.05, 0.1) is 4.88 Å². The predicted molar refractivity (Wildman–Crippen MR) is 131 cm³/mol. The molecule has 0 aliphatic carbocycles. The van der Waals surface area contributed by atoms with Gasteiger partial charge < -0.3 is 5.32 Å². The highest BCUT2D eigenvalue weighted by atomic mass is 32.1. The van der Waals surface area contributed by atoms with E-state index in [4.69, 9.17) is 0 Å². The van der Waals surface area contributed by atoms with Gasteiger partial charge in [-0.2, -0.15) is 0 Å². The van der Waals surface area contributed by atoms with Gasteiger partial charge in [-0.1, -0.05) is 57.2 Å². The monoisotopic (exact) mass is 450 g/mol. The van der Waals surface area contributed by atoms with E-state index in [-0.39, 0.29) is 23.2 Å². The van der Waals surface area contributed by atoms with Crippen LogP contribution < -0.4 is 5.32 Å². The molecule has 1 aliphatic heterocycles. The Morgan fingerprint density at radius 1 is 1.06 bits per heavy atom. The van der Waals surface area contributed by atoms with E-state index in [1.807, 2.05) is 18.2 Å². The Kier molecular flexibility index (Phi) is 6.77. The Labute approximate surface area is 194 Å². The molecule has 1 aliphatic rings. The summed E-state index contributed by atoms with van der Waals surface area (Å²) in [4.78, 5) is 16.8. The van der Waals surface area contributed by atoms with Gasteiger partial charge >= 0.3 is 0 Å². The maximum atomic E-state index is 13.5. The van der Waals surface area contributed by atoms with Crippen molar-refractivity contribution in [3.63, 3.8) is 0 Å². The van der Waals surface area contributed by atoms with Gasteiger partial charge in [0, 0.05) is 30.6 Å². The summed E-state index contributed by atoms with van der Waals surface area (Å²) < 4.78 is 13.5. The Balaban J connectivity index is 1.27. The minimum atomic E-state index is -0.265. The number of nitrogens with one attached hydrogen (secondary N) is 1. The lowest BCUT2D eigenvalue weighted by molar-refractivity contribution is 0.0913. The molecule has 168 valence electrons. The average molecular weight is 451 g/mol. The van der Waals surface area contributed by atoms with Gasteiger partial charge in [-0.15, -0.1) is 11.3 Å². The number of likely N-dealkylation sites (tertiary alicyclic amines) is 1. The van der Waals surface area contributed by atoms with Crippen LogP contribution in [0.3, 0.4) is 0 Å². The minimum absolute atomic E-state index is 0.0335. The number of piperidine rings is 1. The molecule has 3 aromatic rings. The van der Waals surface area contributed by atoms with Gasteiger partial charge in [0.25, 0.3) is 5.91 Å². The largest absolute Gasteiger partial charge is 0.349 e. The lowest BCUT2D eigenvalue weighted by Gasteiger charge is -2.32. The fraction of sp³-hybridized carbons (Fsp3) is 0.370. The van der Waals surface area contributed by atoms with Crippen LogP contribution in [0.4, 0.5) is 4.39 Å². The molecule has 1 aromatic heterocycles. The second kappa shape index (κ2) is 9.55. The molecule has 0 radical (unpaired) electrons. The first-order chi connectivity index (χ1) is 15.3. The van der Waals surface area contributed by atoms with Crippen molar-refractivity contribution < 1.29 is 9.18 Å². The Morgan fingerprint density at radius 2 is 1.78 bits per heavy atom. The molecule has 0 atom stereocenters. The van der Waals surface area contributed by atoms with Crippen molar-refractivity contribution in [3.05, 3.63) is 82.5 Å². The minimum Gasteiger partial charge on any atom is -0.349 e. The van der Waals surface area contributed by atoms with Gasteiger partial charge in [0.15, 0.2) is 0 Å². The Bertz CT molecular complexity index is 1060. The first-order valence-electron chi connectivity index (χ1n) is 11.3. The molecule has 2 aromatic carbocycles. The van der Waals surface area contributed by atoms with Gasteiger partial charge in [0.2, 0.25) is 0 Å². The number of benzene rings is 2. The van der Waals surface area contributed by atoms with Crippen LogP contribution in [0.5, 0.6) is 0 Å². The summed E-state index contributed by atoms with van der Waals surface area (Å²) in [5.41, 5.74) is 3.68. The molecule has 0 saturated carbocycles. The first-order valence-corrected chi connectivity index (χ1v) is 12.1. The zero-order chi connectivity index (χ0) is 22.7. The molecule has 1 N–H and O–H groups in total. The van der Waals surface area contributed by atoms with E-state index in [1.165, 1.54) is 34.6 Å². The van der Waals surface area contributed by atoms with Gasteiger partial charge in [0.1, 0.15) is 5.82 Å². The lowest BCUT2D eigenvalue weighted by Crippen LogP contribution is -2.44. The third-order valence-corrected chi connectivity index (χ3v) is 7.22. The summed E-state index contributed by atoms with van der Waals surface area (Å²) in [5.74, 6) is -0.298. The molecule has 2 heterocycles. The molecule has 0 bridgehead atoms. The second-order valence-electron chi connectivity index (χ2n) is 9.65. The highest BCUT2D eigenvalue weighted by Crippen LogP contribution is 2.29. The summed E-state index contributed by atoms with van der Waals surface area (Å²) in [6, 6.07) is 19.4. The number of carbonyl (C=O) groups is 1. The van der Waals surface area contributed by atoms with Crippen LogP contribution in [0.2, 0.25) is 0 Å². The van der Waals surface area contributed by atoms with Gasteiger partial charge in [-0.05, 0) is 59.2 Å². The normalized spacial score (nSPS) is 15.6. The van der Waals surface area contributed by atoms with E-state index in [1.54, 1.807) is 6.07 Å². The summed E-state index contributed by atoms with van der Waals surface area (Å²) in [6.45, 7) is 9.61. The standard InChI is InChI=1S/C27H31FN2OS/c1-27(2,3)21-9-7-19(8-10-21)18-30-15-13-23(14-16-30)29-26(31)25-12-11-24(32-25)20-5-4-6-22(28)17-20/h4-12,17,23H,13-16,18H2,1-3H3,(H,29,31). The van der Waals surface area contributed by atoms with E-state index in [2.05, 4.69) is 55.3 Å². The highest BCUT2D eigenvalue weighted by molar-refractivity contribution is 7.17. The van der Waals surface area contributed by atoms with Crippen molar-refractivity contribution in [2.45, 2.75) is 51.6 Å². The van der Waals surface area contributed by atoms with E-state index < -0.39 is 0 Å². The Hall–Kier alpha value is -2.50. The quantitative estimate of drug-likeness (QED) is 0.499. The molecule has 3 nitrogen and oxygen atoms in total. The van der Waals surface area contributed by atoms with Crippen LogP contribution in [0, 0.1) is 5.82 Å². The maximum absolute atomic E-state index is 13.5. The van der Waals surface area contributed by atoms with Crippen molar-refractivity contribution in [1.82, 2.24) is 10.2 Å². The van der Waals surface area contributed by atoms with E-state index in [0.29, 0.717) is 4.88 Å². The smallest absolute Gasteiger partial charge is 0.261 e. The van der Waals surface area contributed by atoms with Gasteiger partial charge in [-0.3, -0.25) is 9.69 Å². The fourth-order valence-electron chi connectivity index (χ4n) is 4.12. The van der Waals surface area contributed by atoms with Gasteiger partial charge in [-0.25, -0.2) is 4.39 Å². The van der Waals surface area contributed by atoms with Crippen molar-refractivity contribution in [1.29, 1.82) is 0 Å². The van der Waals surface area contributed by atoms with Crippen LogP contribution in [0.15, 0.2) is 60.7 Å². The first kappa shape index (κ1) is 22.7. The summed E-state index contributed by atoms with van der Waals surface area (Å²) in [7, 11) is 0. The molecule has 32 heavy (non-hydrogen) atoms. The number of amides is 1. The number of rotatable bonds is 5. The number of nitrogens with zero attached hydrogens (tertiary/aromatic N) is 1. The number of halogens is 1. The molecule has 4 rings (SSSR count). The van der Waals surface area contributed by atoms with E-state index in [9.17, 15) is 9.18 Å². The van der Waals surface area contributed by atoms with E-state index >= 15 is 0 Å². The van der Waals surface area contributed by atoms with Crippen LogP contribution in [0.25, 0.3) is 10.4 Å². The van der Waals surface area contributed by atoms with Crippen molar-refractivity contribution in [2.75, 3.05) is 13.1 Å². The molecule has 5 heteroatoms. The SMILES string of the molecule is CC(C)(C)c1ccc(CN2CCC(NC(=O)c3ccc(-c4cccc(F)c4)s3)CC2)cc1. The zero-order valence-corrected chi connectivity index (χ0v) is 19.8. The molecular weight excluding hydrogens is 419 g/mol. The molecule has 0 spiro atoms. The van der Waals surface area contributed by atoms with E-state index in [0.717, 1.165) is 42.9 Å². The predicted octanol–water partition coefficient (Wildman–Crippen LogP) is 6.25. The average Bonchev–Trinajstić information content (AvgIpc) is 3.26. The number of thiophene rings is 1. The van der Waals surface area contributed by atoms with Crippen LogP contribution in [0.1, 0.15) is 54.4 Å². The number of carbonyl (C=O) groups excluding carboxylic acids is 1. The van der Waals surface area contributed by atoms with Crippen molar-refractivity contribution in [2.24, 2.45) is 0 Å². The third kappa shape index (κ3) is 5.64. The highest BCUT2D eigenvalue weighted by Gasteiger charge is 2.22. The zero-order valence-electron chi connectivity index (χ0n) is 19.0. The van der Waals surface area contributed by atoms with Crippen LogP contribution in [-0.2, 0) is 12.0 Å². The summed E-state index contributed by atoms with van der Waals surface area (Å²) in [5, 5.41) is 3.19. The Morgan fingerprint density at radius 3 is 2.44 bits per heavy atom. The summed E-state index contributed by atoms with van der Waals surface area (Å²) in [6.07, 6.45) is 1.90. The third-order valence-electron chi connectivity index (χ3n) is 6.09. The molecule has 1 saturated heterocycles. The molecule has 1 amide bonds.